The summed E-state index contributed by atoms with van der Waals surface area (Å²) in [6.07, 6.45) is 1.83. The van der Waals surface area contributed by atoms with Crippen LogP contribution in [-0.2, 0) is 9.53 Å². The van der Waals surface area contributed by atoms with E-state index < -0.39 is 5.97 Å². The molecule has 0 unspecified atom stereocenters. The van der Waals surface area contributed by atoms with Crippen molar-refractivity contribution in [1.29, 1.82) is 0 Å². The largest absolute Gasteiger partial charge is 0.446 e. The first kappa shape index (κ1) is 14.5. The maximum atomic E-state index is 10.3. The molecular weight excluding hydrogens is 224 g/mol. The summed E-state index contributed by atoms with van der Waals surface area (Å²) >= 11 is 5.06. The van der Waals surface area contributed by atoms with Crippen molar-refractivity contribution >= 4 is 23.6 Å². The molecule has 86 valence electrons. The number of benzene rings is 1. The van der Waals surface area contributed by atoms with E-state index in [9.17, 15) is 4.79 Å². The smallest absolute Gasteiger partial charge is 0.334 e. The number of halogens is 1. The molecule has 1 aromatic rings. The van der Waals surface area contributed by atoms with Crippen molar-refractivity contribution in [3.8, 4) is 0 Å². The van der Waals surface area contributed by atoms with E-state index in [-0.39, 0.29) is 6.07 Å². The summed E-state index contributed by atoms with van der Waals surface area (Å²) < 4.78 is 4.33. The van der Waals surface area contributed by atoms with Gasteiger partial charge < -0.3 is 4.74 Å². The average molecular weight is 239 g/mol. The highest BCUT2D eigenvalue weighted by molar-refractivity contribution is 6.17. The molecule has 0 amide bonds. The topological polar surface area (TPSA) is 26.3 Å². The quantitative estimate of drug-likeness (QED) is 0.457. The van der Waals surface area contributed by atoms with Gasteiger partial charge in [-0.1, -0.05) is 61.2 Å². The molecule has 1 aromatic carbocycles. The molecule has 16 heavy (non-hydrogen) atoms. The minimum atomic E-state index is -0.444. The summed E-state index contributed by atoms with van der Waals surface area (Å²) in [6.45, 7) is 8.54. The summed E-state index contributed by atoms with van der Waals surface area (Å²) in [4.78, 5) is 10.3. The maximum Gasteiger partial charge on any atom is 0.334 e. The van der Waals surface area contributed by atoms with Crippen LogP contribution in [-0.4, -0.2) is 12.0 Å². The van der Waals surface area contributed by atoms with E-state index in [0.29, 0.717) is 5.57 Å². The highest BCUT2D eigenvalue weighted by Crippen LogP contribution is 1.97. The van der Waals surface area contributed by atoms with Crippen molar-refractivity contribution in [2.45, 2.75) is 6.92 Å². The van der Waals surface area contributed by atoms with Crippen molar-refractivity contribution in [2.75, 3.05) is 6.07 Å². The molecule has 0 aliphatic rings. The van der Waals surface area contributed by atoms with E-state index in [0.717, 1.165) is 0 Å². The van der Waals surface area contributed by atoms with Crippen molar-refractivity contribution < 1.29 is 9.53 Å². The van der Waals surface area contributed by atoms with Crippen LogP contribution in [0.4, 0.5) is 0 Å². The van der Waals surface area contributed by atoms with Gasteiger partial charge in [-0.05, 0) is 12.5 Å². The second-order valence-corrected chi connectivity index (χ2v) is 3.15. The predicted octanol–water partition coefficient (Wildman–Crippen LogP) is 3.63. The van der Waals surface area contributed by atoms with Gasteiger partial charge in [-0.2, -0.15) is 0 Å². The molecule has 0 saturated heterocycles. The standard InChI is InChI=1S/C8H8.C5H7ClO2/c1-2-8-6-4-3-5-7-8;1-4(2)5(7)8-3-6/h2-7H,1H2;1,3H2,2H3. The van der Waals surface area contributed by atoms with Crippen LogP contribution in [0.2, 0.25) is 0 Å². The van der Waals surface area contributed by atoms with E-state index in [1.165, 1.54) is 5.56 Å². The van der Waals surface area contributed by atoms with Gasteiger partial charge in [0, 0.05) is 5.57 Å². The number of ether oxygens (including phenoxy) is 1. The van der Waals surface area contributed by atoms with Crippen molar-refractivity contribution in [3.05, 3.63) is 54.6 Å². The zero-order chi connectivity index (χ0) is 12.4. The van der Waals surface area contributed by atoms with Crippen molar-refractivity contribution in [2.24, 2.45) is 0 Å². The number of alkyl halides is 1. The third kappa shape index (κ3) is 6.85. The molecule has 0 fully saturated rings. The van der Waals surface area contributed by atoms with Gasteiger partial charge in [0.1, 0.15) is 0 Å². The highest BCUT2D eigenvalue weighted by atomic mass is 35.5. The normalized spacial score (nSPS) is 8.38. The Labute approximate surface area is 101 Å². The Hall–Kier alpha value is -1.54. The average Bonchev–Trinajstić information content (AvgIpc) is 2.31. The molecule has 0 aliphatic heterocycles. The molecule has 0 aromatic heterocycles. The zero-order valence-electron chi connectivity index (χ0n) is 9.28. The van der Waals surface area contributed by atoms with Crippen LogP contribution in [0.5, 0.6) is 0 Å². The van der Waals surface area contributed by atoms with Gasteiger partial charge in [-0.3, -0.25) is 0 Å². The number of hydrogen-bond donors (Lipinski definition) is 0. The fraction of sp³-hybridized carbons (Fsp3) is 0.154. The molecular formula is C13H15ClO2. The molecule has 3 heteroatoms. The number of rotatable bonds is 3. The first-order valence-corrected chi connectivity index (χ1v) is 5.21. The van der Waals surface area contributed by atoms with Crippen LogP contribution < -0.4 is 0 Å². The van der Waals surface area contributed by atoms with Crippen LogP contribution >= 0.6 is 11.6 Å². The van der Waals surface area contributed by atoms with E-state index in [4.69, 9.17) is 11.6 Å². The predicted molar refractivity (Wildman–Crippen MR) is 68.2 cm³/mol. The lowest BCUT2D eigenvalue weighted by atomic mass is 10.2. The summed E-state index contributed by atoms with van der Waals surface area (Å²) in [5.74, 6) is -0.444. The van der Waals surface area contributed by atoms with Gasteiger partial charge in [0.15, 0.2) is 6.07 Å². The lowest BCUT2D eigenvalue weighted by Gasteiger charge is -1.95. The second kappa shape index (κ2) is 8.74. The summed E-state index contributed by atoms with van der Waals surface area (Å²) in [7, 11) is 0. The van der Waals surface area contributed by atoms with E-state index in [2.05, 4.69) is 17.9 Å². The minimum Gasteiger partial charge on any atom is -0.446 e. The molecule has 0 aliphatic carbocycles. The Morgan fingerprint density at radius 2 is 2.00 bits per heavy atom. The molecule has 0 atom stereocenters. The number of hydrogen-bond acceptors (Lipinski definition) is 2. The third-order valence-corrected chi connectivity index (χ3v) is 1.68. The van der Waals surface area contributed by atoms with Crippen LogP contribution in [0.3, 0.4) is 0 Å². The third-order valence-electron chi connectivity index (χ3n) is 1.57. The fourth-order valence-electron chi connectivity index (χ4n) is 0.762. The Morgan fingerprint density at radius 3 is 2.25 bits per heavy atom. The van der Waals surface area contributed by atoms with Crippen LogP contribution in [0, 0.1) is 0 Å². The minimum absolute atomic E-state index is 0.105. The molecule has 1 rings (SSSR count). The lowest BCUT2D eigenvalue weighted by molar-refractivity contribution is -0.136. The van der Waals surface area contributed by atoms with Crippen molar-refractivity contribution in [3.63, 3.8) is 0 Å². The highest BCUT2D eigenvalue weighted by Gasteiger charge is 1.98. The molecule has 0 heterocycles. The van der Waals surface area contributed by atoms with Gasteiger partial charge in [0.2, 0.25) is 0 Å². The SMILES string of the molecule is C=C(C)C(=O)OCCl.C=Cc1ccccc1. The Bertz CT molecular complexity index is 344. The Balaban J connectivity index is 0.000000281. The van der Waals surface area contributed by atoms with Gasteiger partial charge in [-0.25, -0.2) is 4.79 Å². The van der Waals surface area contributed by atoms with E-state index in [1.54, 1.807) is 6.92 Å². The second-order valence-electron chi connectivity index (χ2n) is 2.94. The van der Waals surface area contributed by atoms with Crippen LogP contribution in [0.25, 0.3) is 6.08 Å². The molecule has 2 nitrogen and oxygen atoms in total. The first-order valence-electron chi connectivity index (χ1n) is 4.68. The Kier molecular flexibility index (Phi) is 7.90. The molecule has 0 radical (unpaired) electrons. The van der Waals surface area contributed by atoms with Gasteiger partial charge in [0.05, 0.1) is 0 Å². The molecule has 0 N–H and O–H groups in total. The van der Waals surface area contributed by atoms with E-state index >= 15 is 0 Å². The lowest BCUT2D eigenvalue weighted by Crippen LogP contribution is -2.02. The van der Waals surface area contributed by atoms with Crippen LogP contribution in [0.15, 0.2) is 49.1 Å². The van der Waals surface area contributed by atoms with E-state index in [1.807, 2.05) is 36.4 Å². The Morgan fingerprint density at radius 1 is 1.44 bits per heavy atom. The molecule has 0 bridgehead atoms. The summed E-state index contributed by atoms with van der Waals surface area (Å²) in [5, 5.41) is 0. The van der Waals surface area contributed by atoms with Gasteiger partial charge in [0.25, 0.3) is 0 Å². The number of carbonyl (C=O) groups is 1. The number of carbonyl (C=O) groups excluding carboxylic acids is 1. The zero-order valence-corrected chi connectivity index (χ0v) is 10.0. The summed E-state index contributed by atoms with van der Waals surface area (Å²) in [6, 6.07) is 9.92. The molecule has 0 saturated carbocycles. The fourth-order valence-corrected chi connectivity index (χ4v) is 0.861. The van der Waals surface area contributed by atoms with Crippen LogP contribution in [0.1, 0.15) is 12.5 Å². The maximum absolute atomic E-state index is 10.3. The first-order chi connectivity index (χ1) is 7.61. The monoisotopic (exact) mass is 238 g/mol. The molecule has 0 spiro atoms. The number of esters is 1. The summed E-state index contributed by atoms with van der Waals surface area (Å²) in [5.41, 5.74) is 1.54. The van der Waals surface area contributed by atoms with Gasteiger partial charge in [-0.15, -0.1) is 0 Å². The van der Waals surface area contributed by atoms with Crippen molar-refractivity contribution in [1.82, 2.24) is 0 Å². The van der Waals surface area contributed by atoms with Gasteiger partial charge >= 0.3 is 5.97 Å².